The van der Waals surface area contributed by atoms with Crippen LogP contribution >= 0.6 is 12.2 Å². The molecule has 0 bridgehead atoms. The van der Waals surface area contributed by atoms with Gasteiger partial charge in [-0.3, -0.25) is 9.88 Å². The molecular formula is C17H21N3S. The molecular weight excluding hydrogens is 278 g/mol. The zero-order valence-electron chi connectivity index (χ0n) is 12.5. The maximum absolute atomic E-state index is 5.68. The lowest BCUT2D eigenvalue weighted by Gasteiger charge is -2.22. The van der Waals surface area contributed by atoms with Gasteiger partial charge in [-0.25, -0.2) is 0 Å². The van der Waals surface area contributed by atoms with Crippen LogP contribution in [0, 0.1) is 6.92 Å². The van der Waals surface area contributed by atoms with Gasteiger partial charge in [-0.15, -0.1) is 0 Å². The molecule has 21 heavy (non-hydrogen) atoms. The van der Waals surface area contributed by atoms with E-state index in [1.807, 2.05) is 18.5 Å². The van der Waals surface area contributed by atoms with Crippen LogP contribution in [0.5, 0.6) is 0 Å². The van der Waals surface area contributed by atoms with Crippen molar-refractivity contribution >= 4 is 17.2 Å². The van der Waals surface area contributed by atoms with Crippen LogP contribution < -0.4 is 5.73 Å². The number of aromatic nitrogens is 1. The van der Waals surface area contributed by atoms with Crippen LogP contribution in [-0.2, 0) is 13.1 Å². The smallest absolute Gasteiger partial charge is 0.103 e. The molecule has 1 heterocycles. The van der Waals surface area contributed by atoms with Crippen LogP contribution in [0.1, 0.15) is 29.2 Å². The summed E-state index contributed by atoms with van der Waals surface area (Å²) in [4.78, 5) is 6.91. The molecule has 0 aliphatic heterocycles. The maximum Gasteiger partial charge on any atom is 0.103 e. The SMILES string of the molecule is CCN(Cc1ccncc1)Cc1ccc(C(N)=S)cc1C. The second kappa shape index (κ2) is 7.29. The Bertz CT molecular complexity index is 611. The fourth-order valence-electron chi connectivity index (χ4n) is 2.29. The van der Waals surface area contributed by atoms with Crippen molar-refractivity contribution in [3.05, 3.63) is 65.0 Å². The van der Waals surface area contributed by atoms with E-state index in [9.17, 15) is 0 Å². The zero-order valence-corrected chi connectivity index (χ0v) is 13.4. The summed E-state index contributed by atoms with van der Waals surface area (Å²) in [5, 5.41) is 0. The summed E-state index contributed by atoms with van der Waals surface area (Å²) in [6, 6.07) is 10.3. The highest BCUT2D eigenvalue weighted by Gasteiger charge is 2.08. The van der Waals surface area contributed by atoms with Gasteiger partial charge in [0.2, 0.25) is 0 Å². The highest BCUT2D eigenvalue weighted by molar-refractivity contribution is 7.80. The summed E-state index contributed by atoms with van der Waals surface area (Å²) in [5.74, 6) is 0. The molecule has 0 atom stereocenters. The Morgan fingerprint density at radius 1 is 1.19 bits per heavy atom. The van der Waals surface area contributed by atoms with Gasteiger partial charge in [-0.1, -0.05) is 31.3 Å². The van der Waals surface area contributed by atoms with E-state index < -0.39 is 0 Å². The largest absolute Gasteiger partial charge is 0.389 e. The summed E-state index contributed by atoms with van der Waals surface area (Å²) >= 11 is 5.02. The number of rotatable bonds is 6. The zero-order chi connectivity index (χ0) is 15.2. The number of nitrogens with zero attached hydrogens (tertiary/aromatic N) is 2. The Kier molecular flexibility index (Phi) is 5.42. The van der Waals surface area contributed by atoms with Gasteiger partial charge in [-0.05, 0) is 48.4 Å². The van der Waals surface area contributed by atoms with Crippen LogP contribution in [0.4, 0.5) is 0 Å². The summed E-state index contributed by atoms with van der Waals surface area (Å²) in [7, 11) is 0. The monoisotopic (exact) mass is 299 g/mol. The highest BCUT2D eigenvalue weighted by Crippen LogP contribution is 2.15. The third-order valence-electron chi connectivity index (χ3n) is 3.62. The molecule has 0 radical (unpaired) electrons. The number of aryl methyl sites for hydroxylation is 1. The Labute approximate surface area is 131 Å². The Morgan fingerprint density at radius 2 is 1.90 bits per heavy atom. The molecule has 0 saturated heterocycles. The van der Waals surface area contributed by atoms with E-state index in [4.69, 9.17) is 18.0 Å². The van der Waals surface area contributed by atoms with E-state index >= 15 is 0 Å². The normalized spacial score (nSPS) is 10.8. The molecule has 2 N–H and O–H groups in total. The van der Waals surface area contributed by atoms with E-state index in [0.29, 0.717) is 4.99 Å². The lowest BCUT2D eigenvalue weighted by molar-refractivity contribution is 0.271. The molecule has 2 rings (SSSR count). The number of hydrogen-bond acceptors (Lipinski definition) is 3. The van der Waals surface area contributed by atoms with Crippen LogP contribution in [0.25, 0.3) is 0 Å². The van der Waals surface area contributed by atoms with E-state index in [1.165, 1.54) is 16.7 Å². The molecule has 0 fully saturated rings. The van der Waals surface area contributed by atoms with Crippen LogP contribution in [0.2, 0.25) is 0 Å². The van der Waals surface area contributed by atoms with Gasteiger partial charge >= 0.3 is 0 Å². The first-order valence-electron chi connectivity index (χ1n) is 7.10. The van der Waals surface area contributed by atoms with E-state index in [2.05, 4.69) is 48.0 Å². The first kappa shape index (κ1) is 15.6. The van der Waals surface area contributed by atoms with Gasteiger partial charge in [0.25, 0.3) is 0 Å². The molecule has 0 aliphatic carbocycles. The average Bonchev–Trinajstić information content (AvgIpc) is 2.49. The summed E-state index contributed by atoms with van der Waals surface area (Å²) < 4.78 is 0. The Balaban J connectivity index is 2.10. The molecule has 0 saturated carbocycles. The maximum atomic E-state index is 5.68. The van der Waals surface area contributed by atoms with Gasteiger partial charge in [0.15, 0.2) is 0 Å². The standard InChI is InChI=1S/C17H21N3S/c1-3-20(11-14-6-8-19-9-7-14)12-16-5-4-15(17(18)21)10-13(16)2/h4-10H,3,11-12H2,1-2H3,(H2,18,21). The number of pyridine rings is 1. The second-order valence-electron chi connectivity index (χ2n) is 5.16. The predicted molar refractivity (Wildman–Crippen MR) is 91.1 cm³/mol. The highest BCUT2D eigenvalue weighted by atomic mass is 32.1. The molecule has 1 aromatic carbocycles. The van der Waals surface area contributed by atoms with Crippen molar-refractivity contribution in [3.8, 4) is 0 Å². The predicted octanol–water partition coefficient (Wildman–Crippen LogP) is 3.05. The molecule has 3 nitrogen and oxygen atoms in total. The molecule has 0 spiro atoms. The molecule has 0 unspecified atom stereocenters. The Hall–Kier alpha value is -1.78. The van der Waals surface area contributed by atoms with Gasteiger partial charge in [0.1, 0.15) is 4.99 Å². The van der Waals surface area contributed by atoms with E-state index in [1.54, 1.807) is 0 Å². The lowest BCUT2D eigenvalue weighted by Crippen LogP contribution is -2.23. The van der Waals surface area contributed by atoms with Crippen molar-refractivity contribution in [2.24, 2.45) is 5.73 Å². The minimum absolute atomic E-state index is 0.453. The van der Waals surface area contributed by atoms with Crippen molar-refractivity contribution in [3.63, 3.8) is 0 Å². The minimum Gasteiger partial charge on any atom is -0.389 e. The molecule has 1 aromatic heterocycles. The third kappa shape index (κ3) is 4.34. The molecule has 2 aromatic rings. The van der Waals surface area contributed by atoms with Gasteiger partial charge in [-0.2, -0.15) is 0 Å². The van der Waals surface area contributed by atoms with Crippen LogP contribution in [0.15, 0.2) is 42.7 Å². The number of nitrogens with two attached hydrogens (primary N) is 1. The molecule has 4 heteroatoms. The van der Waals surface area contributed by atoms with E-state index in [-0.39, 0.29) is 0 Å². The topological polar surface area (TPSA) is 42.2 Å². The van der Waals surface area contributed by atoms with Gasteiger partial charge < -0.3 is 5.73 Å². The third-order valence-corrected chi connectivity index (χ3v) is 3.86. The van der Waals surface area contributed by atoms with Crippen LogP contribution in [0.3, 0.4) is 0 Å². The summed E-state index contributed by atoms with van der Waals surface area (Å²) in [6.45, 7) is 7.13. The van der Waals surface area contributed by atoms with Crippen molar-refractivity contribution in [1.82, 2.24) is 9.88 Å². The van der Waals surface area contributed by atoms with Crippen molar-refractivity contribution < 1.29 is 0 Å². The fourth-order valence-corrected chi connectivity index (χ4v) is 2.42. The van der Waals surface area contributed by atoms with Gasteiger partial charge in [0, 0.05) is 31.0 Å². The van der Waals surface area contributed by atoms with E-state index in [0.717, 1.165) is 25.2 Å². The number of thiocarbonyl (C=S) groups is 1. The van der Waals surface area contributed by atoms with Crippen molar-refractivity contribution in [1.29, 1.82) is 0 Å². The Morgan fingerprint density at radius 3 is 2.48 bits per heavy atom. The van der Waals surface area contributed by atoms with Gasteiger partial charge in [0.05, 0.1) is 0 Å². The lowest BCUT2D eigenvalue weighted by atomic mass is 10.0. The summed E-state index contributed by atoms with van der Waals surface area (Å²) in [5.41, 5.74) is 10.4. The number of benzene rings is 1. The first-order valence-corrected chi connectivity index (χ1v) is 7.51. The first-order chi connectivity index (χ1) is 10.1. The van der Waals surface area contributed by atoms with Crippen molar-refractivity contribution in [2.75, 3.05) is 6.54 Å². The van der Waals surface area contributed by atoms with Crippen molar-refractivity contribution in [2.45, 2.75) is 26.9 Å². The summed E-state index contributed by atoms with van der Waals surface area (Å²) in [6.07, 6.45) is 3.68. The average molecular weight is 299 g/mol. The molecule has 0 aliphatic rings. The minimum atomic E-state index is 0.453. The van der Waals surface area contributed by atoms with Crippen LogP contribution in [-0.4, -0.2) is 21.4 Å². The fraction of sp³-hybridized carbons (Fsp3) is 0.294. The molecule has 0 amide bonds. The second-order valence-corrected chi connectivity index (χ2v) is 5.60. The number of hydrogen-bond donors (Lipinski definition) is 1. The molecule has 110 valence electrons. The quantitative estimate of drug-likeness (QED) is 0.833.